The van der Waals surface area contributed by atoms with Crippen molar-refractivity contribution in [1.29, 1.82) is 0 Å². The van der Waals surface area contributed by atoms with Crippen LogP contribution < -0.4 is 14.4 Å². The smallest absolute Gasteiger partial charge is 0.326 e. The van der Waals surface area contributed by atoms with Crippen LogP contribution in [0.2, 0.25) is 5.02 Å². The van der Waals surface area contributed by atoms with E-state index in [1.807, 2.05) is 47.3 Å². The van der Waals surface area contributed by atoms with Crippen molar-refractivity contribution in [3.05, 3.63) is 82.4 Å². The van der Waals surface area contributed by atoms with Crippen LogP contribution in [0.4, 0.5) is 24.5 Å². The Morgan fingerprint density at radius 2 is 1.58 bits per heavy atom. The molecule has 0 aliphatic carbocycles. The van der Waals surface area contributed by atoms with Crippen LogP contribution in [0.25, 0.3) is 17.1 Å². The summed E-state index contributed by atoms with van der Waals surface area (Å²) in [5.41, 5.74) is 2.10. The van der Waals surface area contributed by atoms with Gasteiger partial charge in [0.15, 0.2) is 11.0 Å². The monoisotopic (exact) mass is 763 g/mol. The van der Waals surface area contributed by atoms with Crippen LogP contribution in [0.5, 0.6) is 0 Å². The minimum Gasteiger partial charge on any atom is -0.326 e. The number of halogens is 4. The highest BCUT2D eigenvalue weighted by Gasteiger charge is 2.38. The van der Waals surface area contributed by atoms with E-state index in [4.69, 9.17) is 21.4 Å². The fourth-order valence-electron chi connectivity index (χ4n) is 5.87. The average Bonchev–Trinajstić information content (AvgIpc) is 3.47. The van der Waals surface area contributed by atoms with E-state index in [-0.39, 0.29) is 38.2 Å². The standard InChI is InChI=1S/C32H38ClF3N4O8S2/c1-4-37-26-14-13-23(22-48-47-3)19-27(26)39(15-9-17-49(41,42)43)30(37)11-7-6-8-12-31-38(5-2)29-21-25(33)24(32(34,35)36)20-28(29)40(31)16-10-18-50(44,45)46/h6-8,11-14,19-21H,4-5,9-10,15-18,22H2,1-3H3,(H-,41,42,43,44,45,46)/p+1. The Labute approximate surface area is 294 Å². The van der Waals surface area contributed by atoms with Crippen molar-refractivity contribution in [3.8, 4) is 0 Å². The molecule has 0 unspecified atom stereocenters. The van der Waals surface area contributed by atoms with Crippen molar-refractivity contribution in [2.24, 2.45) is 0 Å². The fourth-order valence-corrected chi connectivity index (χ4v) is 7.12. The zero-order chi connectivity index (χ0) is 36.9. The molecule has 1 aromatic heterocycles. The molecule has 2 heterocycles. The number of allylic oxidation sites excluding steroid dienone is 4. The topological polar surface area (TPSA) is 142 Å². The van der Waals surface area contributed by atoms with Crippen molar-refractivity contribution >= 4 is 60.3 Å². The molecular weight excluding hydrogens is 725 g/mol. The van der Waals surface area contributed by atoms with Gasteiger partial charge in [-0.2, -0.15) is 30.0 Å². The van der Waals surface area contributed by atoms with Gasteiger partial charge in [-0.1, -0.05) is 35.9 Å². The van der Waals surface area contributed by atoms with E-state index in [9.17, 15) is 39.1 Å². The van der Waals surface area contributed by atoms with E-state index in [2.05, 4.69) is 0 Å². The lowest BCUT2D eigenvalue weighted by molar-refractivity contribution is -0.670. The summed E-state index contributed by atoms with van der Waals surface area (Å²) in [5.74, 6) is 0.220. The van der Waals surface area contributed by atoms with Crippen LogP contribution >= 0.6 is 11.6 Å². The van der Waals surface area contributed by atoms with Gasteiger partial charge in [0.05, 0.1) is 53.7 Å². The number of aryl methyl sites for hydroxylation is 2. The van der Waals surface area contributed by atoms with Crippen molar-refractivity contribution < 1.29 is 53.5 Å². The molecule has 1 aliphatic rings. The molecule has 50 heavy (non-hydrogen) atoms. The van der Waals surface area contributed by atoms with E-state index < -0.39 is 48.5 Å². The van der Waals surface area contributed by atoms with Gasteiger partial charge in [-0.25, -0.2) is 18.9 Å². The second-order valence-electron chi connectivity index (χ2n) is 11.3. The molecular formula is C32H39ClF3N4O8S2+. The predicted octanol–water partition coefficient (Wildman–Crippen LogP) is 6.01. The highest BCUT2D eigenvalue weighted by Crippen LogP contribution is 2.47. The summed E-state index contributed by atoms with van der Waals surface area (Å²) < 4.78 is 110. The van der Waals surface area contributed by atoms with Crippen molar-refractivity contribution in [2.75, 3.05) is 41.5 Å². The van der Waals surface area contributed by atoms with Gasteiger partial charge in [-0.15, -0.1) is 0 Å². The first-order valence-electron chi connectivity index (χ1n) is 15.6. The molecule has 274 valence electrons. The zero-order valence-corrected chi connectivity index (χ0v) is 30.0. The molecule has 0 spiro atoms. The van der Waals surface area contributed by atoms with Gasteiger partial charge in [0.25, 0.3) is 26.1 Å². The van der Waals surface area contributed by atoms with Gasteiger partial charge < -0.3 is 9.80 Å². The number of hydrogen-bond donors (Lipinski definition) is 2. The first-order valence-corrected chi connectivity index (χ1v) is 19.2. The Kier molecular flexibility index (Phi) is 12.8. The normalized spacial score (nSPS) is 15.1. The van der Waals surface area contributed by atoms with E-state index >= 15 is 0 Å². The number of rotatable bonds is 16. The van der Waals surface area contributed by atoms with Crippen LogP contribution in [0.3, 0.4) is 0 Å². The maximum atomic E-state index is 13.8. The molecule has 0 saturated heterocycles. The van der Waals surface area contributed by atoms with Crippen molar-refractivity contribution in [2.45, 2.75) is 52.6 Å². The molecule has 0 bridgehead atoms. The Balaban J connectivity index is 1.72. The van der Waals surface area contributed by atoms with Crippen LogP contribution in [-0.4, -0.2) is 62.2 Å². The summed E-state index contributed by atoms with van der Waals surface area (Å²) in [6.07, 6.45) is 4.04. The number of aromatic nitrogens is 2. The molecule has 0 saturated carbocycles. The van der Waals surface area contributed by atoms with E-state index in [1.54, 1.807) is 34.1 Å². The zero-order valence-electron chi connectivity index (χ0n) is 27.6. The Morgan fingerprint density at radius 1 is 0.920 bits per heavy atom. The summed E-state index contributed by atoms with van der Waals surface area (Å²) in [4.78, 5) is 13.1. The minimum atomic E-state index is -4.72. The summed E-state index contributed by atoms with van der Waals surface area (Å²) in [6, 6.07) is 7.90. The molecule has 0 fully saturated rings. The lowest BCUT2D eigenvalue weighted by atomic mass is 10.1. The number of fused-ring (bicyclic) bond motifs is 2. The van der Waals surface area contributed by atoms with E-state index in [0.717, 1.165) is 28.5 Å². The lowest BCUT2D eigenvalue weighted by Gasteiger charge is -2.24. The third-order valence-corrected chi connectivity index (χ3v) is 9.86. The minimum absolute atomic E-state index is 0.00466. The van der Waals surface area contributed by atoms with E-state index in [1.165, 1.54) is 13.2 Å². The average molecular weight is 764 g/mol. The van der Waals surface area contributed by atoms with E-state index in [0.29, 0.717) is 24.6 Å². The lowest BCUT2D eigenvalue weighted by Crippen LogP contribution is -2.35. The van der Waals surface area contributed by atoms with Gasteiger partial charge >= 0.3 is 6.18 Å². The summed E-state index contributed by atoms with van der Waals surface area (Å²) in [6.45, 7) is 5.17. The van der Waals surface area contributed by atoms with Crippen LogP contribution in [0, 0.1) is 0 Å². The molecule has 18 heteroatoms. The number of anilines is 2. The number of benzene rings is 2. The fraction of sp³-hybridized carbons (Fsp3) is 0.406. The highest BCUT2D eigenvalue weighted by molar-refractivity contribution is 7.86. The summed E-state index contributed by atoms with van der Waals surface area (Å²) in [5, 5.41) is -0.470. The first-order chi connectivity index (χ1) is 23.5. The van der Waals surface area contributed by atoms with Crippen LogP contribution in [0.1, 0.15) is 43.6 Å². The Hall–Kier alpha value is -3.45. The maximum absolute atomic E-state index is 13.8. The highest BCUT2D eigenvalue weighted by atomic mass is 35.5. The molecule has 2 N–H and O–H groups in total. The van der Waals surface area contributed by atoms with Crippen LogP contribution in [-0.2, 0) is 55.9 Å². The quantitative estimate of drug-likeness (QED) is 0.0586. The summed E-state index contributed by atoms with van der Waals surface area (Å²) >= 11 is 6.05. The second-order valence-corrected chi connectivity index (χ2v) is 14.8. The van der Waals surface area contributed by atoms with Gasteiger partial charge in [-0.3, -0.25) is 9.11 Å². The van der Waals surface area contributed by atoms with Crippen molar-refractivity contribution in [3.63, 3.8) is 0 Å². The predicted molar refractivity (Wildman–Crippen MR) is 185 cm³/mol. The Morgan fingerprint density at radius 3 is 2.18 bits per heavy atom. The maximum Gasteiger partial charge on any atom is 0.417 e. The summed E-state index contributed by atoms with van der Waals surface area (Å²) in [7, 11) is -7.07. The molecule has 4 rings (SSSR count). The molecule has 1 aliphatic heterocycles. The molecule has 0 atom stereocenters. The first kappa shape index (κ1) is 39.3. The third-order valence-electron chi connectivity index (χ3n) is 7.94. The van der Waals surface area contributed by atoms with Crippen LogP contribution in [0.15, 0.2) is 60.5 Å². The van der Waals surface area contributed by atoms with Gasteiger partial charge in [0.1, 0.15) is 12.4 Å². The largest absolute Gasteiger partial charge is 0.417 e. The molecule has 0 radical (unpaired) electrons. The van der Waals surface area contributed by atoms with Gasteiger partial charge in [-0.05, 0) is 56.2 Å². The molecule has 3 aromatic rings. The second kappa shape index (κ2) is 16.3. The number of hydrogen-bond acceptors (Lipinski definition) is 8. The number of nitrogens with zero attached hydrogens (tertiary/aromatic N) is 4. The number of imidazole rings is 1. The van der Waals surface area contributed by atoms with Crippen molar-refractivity contribution in [1.82, 2.24) is 4.57 Å². The molecule has 12 nitrogen and oxygen atoms in total. The van der Waals surface area contributed by atoms with Gasteiger partial charge in [0.2, 0.25) is 0 Å². The number of alkyl halides is 3. The SMILES string of the molecule is CCN1\C(=C/C=C/C=C/c2n(CCCS(=O)(=O)O)c3cc(COOC)ccc3[n+]2CC)N(CCCS(=O)(=O)O)c2cc(C(F)(F)F)c(Cl)cc21. The molecule has 0 amide bonds. The van der Waals surface area contributed by atoms with Gasteiger partial charge in [0, 0.05) is 25.6 Å². The Bertz CT molecular complexity index is 2010. The molecule has 2 aromatic carbocycles. The third kappa shape index (κ3) is 9.65.